The van der Waals surface area contributed by atoms with Crippen molar-refractivity contribution in [1.82, 2.24) is 9.97 Å². The molecule has 0 fully saturated rings. The van der Waals surface area contributed by atoms with E-state index in [1.165, 1.54) is 6.33 Å². The summed E-state index contributed by atoms with van der Waals surface area (Å²) in [5, 5.41) is 9.92. The summed E-state index contributed by atoms with van der Waals surface area (Å²) in [4.78, 5) is 10.1. The van der Waals surface area contributed by atoms with Crippen molar-refractivity contribution in [1.29, 1.82) is 0 Å². The Kier molecular flexibility index (Phi) is 3.88. The molecule has 0 spiro atoms. The van der Waals surface area contributed by atoms with Crippen molar-refractivity contribution in [3.63, 3.8) is 0 Å². The average Bonchev–Trinajstić information content (AvgIpc) is 2.15. The van der Waals surface area contributed by atoms with Crippen molar-refractivity contribution in [2.24, 2.45) is 0 Å². The fourth-order valence-electron chi connectivity index (χ4n) is 1.22. The van der Waals surface area contributed by atoms with Crippen LogP contribution in [0.25, 0.3) is 0 Å². The maximum Gasteiger partial charge on any atom is 0.145 e. The molecule has 0 bridgehead atoms. The summed E-state index contributed by atoms with van der Waals surface area (Å²) in [6, 6.07) is -0.0130. The highest BCUT2D eigenvalue weighted by molar-refractivity contribution is 14.1. The van der Waals surface area contributed by atoms with Crippen LogP contribution >= 0.6 is 22.6 Å². The van der Waals surface area contributed by atoms with Gasteiger partial charge < -0.3 is 10.0 Å². The van der Waals surface area contributed by atoms with Crippen molar-refractivity contribution in [3.05, 3.63) is 16.1 Å². The predicted molar refractivity (Wildman–Crippen MR) is 68.9 cm³/mol. The largest absolute Gasteiger partial charge is 0.388 e. The van der Waals surface area contributed by atoms with Gasteiger partial charge in [0.25, 0.3) is 0 Å². The van der Waals surface area contributed by atoms with Crippen molar-refractivity contribution in [2.45, 2.75) is 32.4 Å². The number of likely N-dealkylation sites (N-methyl/N-ethyl adjacent to an activating group) is 1. The maximum atomic E-state index is 9.92. The van der Waals surface area contributed by atoms with Crippen LogP contribution < -0.4 is 4.90 Å². The smallest absolute Gasteiger partial charge is 0.145 e. The van der Waals surface area contributed by atoms with E-state index < -0.39 is 5.60 Å². The van der Waals surface area contributed by atoms with Gasteiger partial charge in [0.15, 0.2) is 0 Å². The van der Waals surface area contributed by atoms with Gasteiger partial charge in [-0.3, -0.25) is 0 Å². The van der Waals surface area contributed by atoms with Crippen LogP contribution in [0.15, 0.2) is 12.5 Å². The van der Waals surface area contributed by atoms with Crippen LogP contribution in [0.2, 0.25) is 0 Å². The maximum absolute atomic E-state index is 9.92. The Morgan fingerprint density at radius 2 is 2.13 bits per heavy atom. The molecule has 1 atom stereocenters. The molecule has 1 N–H and O–H groups in total. The van der Waals surface area contributed by atoms with Gasteiger partial charge in [-0.2, -0.15) is 0 Å². The molecule has 0 saturated carbocycles. The van der Waals surface area contributed by atoms with Gasteiger partial charge in [0.2, 0.25) is 0 Å². The second-order valence-corrected chi connectivity index (χ2v) is 5.30. The lowest BCUT2D eigenvalue weighted by Crippen LogP contribution is -2.46. The molecule has 1 aromatic heterocycles. The lowest BCUT2D eigenvalue weighted by molar-refractivity contribution is 0.0562. The van der Waals surface area contributed by atoms with Crippen molar-refractivity contribution >= 4 is 28.4 Å². The Bertz CT molecular complexity index is 338. The lowest BCUT2D eigenvalue weighted by Gasteiger charge is -2.35. The minimum Gasteiger partial charge on any atom is -0.388 e. The van der Waals surface area contributed by atoms with Gasteiger partial charge >= 0.3 is 0 Å². The van der Waals surface area contributed by atoms with Gasteiger partial charge in [-0.05, 0) is 43.4 Å². The molecule has 0 saturated heterocycles. The first-order valence-corrected chi connectivity index (χ1v) is 5.82. The number of aromatic nitrogens is 2. The van der Waals surface area contributed by atoms with Gasteiger partial charge in [0, 0.05) is 13.2 Å². The molecule has 0 aliphatic carbocycles. The van der Waals surface area contributed by atoms with Gasteiger partial charge in [-0.1, -0.05) is 0 Å². The van der Waals surface area contributed by atoms with E-state index in [1.54, 1.807) is 20.0 Å². The molecule has 0 aliphatic heterocycles. The van der Waals surface area contributed by atoms with E-state index >= 15 is 0 Å². The molecule has 1 rings (SSSR count). The van der Waals surface area contributed by atoms with E-state index in [-0.39, 0.29) is 6.04 Å². The highest BCUT2D eigenvalue weighted by Gasteiger charge is 2.27. The molecule has 15 heavy (non-hydrogen) atoms. The van der Waals surface area contributed by atoms with Gasteiger partial charge in [-0.15, -0.1) is 0 Å². The monoisotopic (exact) mass is 321 g/mol. The third-order valence-corrected chi connectivity index (χ3v) is 3.35. The zero-order valence-electron chi connectivity index (χ0n) is 9.40. The predicted octanol–water partition coefficient (Wildman–Crippen LogP) is 1.68. The summed E-state index contributed by atoms with van der Waals surface area (Å²) < 4.78 is 0.980. The SMILES string of the molecule is CC(N(C)c1ncncc1I)C(C)(C)O. The summed E-state index contributed by atoms with van der Waals surface area (Å²) >= 11 is 2.19. The quantitative estimate of drug-likeness (QED) is 0.861. The number of nitrogens with zero attached hydrogens (tertiary/aromatic N) is 3. The standard InChI is InChI=1S/C10H16IN3O/c1-7(10(2,3)15)14(4)9-8(11)5-12-6-13-9/h5-7,15H,1-4H3. The average molecular weight is 321 g/mol. The summed E-state index contributed by atoms with van der Waals surface area (Å²) in [6.07, 6.45) is 3.28. The molecule has 1 heterocycles. The topological polar surface area (TPSA) is 49.2 Å². The van der Waals surface area contributed by atoms with Crippen LogP contribution in [0.3, 0.4) is 0 Å². The van der Waals surface area contributed by atoms with Crippen LogP contribution in [0, 0.1) is 3.57 Å². The third-order valence-electron chi connectivity index (χ3n) is 2.59. The van der Waals surface area contributed by atoms with E-state index in [0.717, 1.165) is 9.39 Å². The van der Waals surface area contributed by atoms with E-state index in [0.29, 0.717) is 0 Å². The molecule has 5 heteroatoms. The van der Waals surface area contributed by atoms with Crippen LogP contribution in [-0.2, 0) is 0 Å². The van der Waals surface area contributed by atoms with E-state index in [9.17, 15) is 5.11 Å². The Labute approximate surface area is 104 Å². The first-order valence-electron chi connectivity index (χ1n) is 4.74. The Hall–Kier alpha value is -0.430. The fourth-order valence-corrected chi connectivity index (χ4v) is 1.90. The summed E-state index contributed by atoms with van der Waals surface area (Å²) in [6.45, 7) is 5.56. The summed E-state index contributed by atoms with van der Waals surface area (Å²) in [5.41, 5.74) is -0.761. The second-order valence-electron chi connectivity index (χ2n) is 4.13. The highest BCUT2D eigenvalue weighted by Crippen LogP contribution is 2.23. The van der Waals surface area contributed by atoms with Crippen LogP contribution in [0.1, 0.15) is 20.8 Å². The number of hydrogen-bond donors (Lipinski definition) is 1. The van der Waals surface area contributed by atoms with Crippen molar-refractivity contribution < 1.29 is 5.11 Å². The third kappa shape index (κ3) is 3.01. The molecule has 0 amide bonds. The number of aliphatic hydroxyl groups is 1. The first-order chi connectivity index (χ1) is 6.84. The van der Waals surface area contributed by atoms with Crippen molar-refractivity contribution in [3.8, 4) is 0 Å². The summed E-state index contributed by atoms with van der Waals surface area (Å²) in [5.74, 6) is 0.847. The van der Waals surface area contributed by atoms with E-state index in [1.807, 2.05) is 18.9 Å². The Morgan fingerprint density at radius 1 is 1.53 bits per heavy atom. The molecular formula is C10H16IN3O. The van der Waals surface area contributed by atoms with Crippen LogP contribution in [-0.4, -0.2) is 33.8 Å². The van der Waals surface area contributed by atoms with Gasteiger partial charge in [0.05, 0.1) is 15.2 Å². The number of anilines is 1. The molecular weight excluding hydrogens is 305 g/mol. The molecule has 0 aromatic carbocycles. The number of halogens is 1. The highest BCUT2D eigenvalue weighted by atomic mass is 127. The molecule has 84 valence electrons. The van der Waals surface area contributed by atoms with E-state index in [2.05, 4.69) is 32.6 Å². The van der Waals surface area contributed by atoms with Crippen molar-refractivity contribution in [2.75, 3.05) is 11.9 Å². The van der Waals surface area contributed by atoms with Gasteiger partial charge in [-0.25, -0.2) is 9.97 Å². The molecule has 4 nitrogen and oxygen atoms in total. The van der Waals surface area contributed by atoms with E-state index in [4.69, 9.17) is 0 Å². The molecule has 1 unspecified atom stereocenters. The zero-order chi connectivity index (χ0) is 11.6. The molecule has 0 aliphatic rings. The minimum atomic E-state index is -0.761. The fraction of sp³-hybridized carbons (Fsp3) is 0.600. The Balaban J connectivity index is 2.95. The van der Waals surface area contributed by atoms with Gasteiger partial charge in [0.1, 0.15) is 12.1 Å². The summed E-state index contributed by atoms with van der Waals surface area (Å²) in [7, 11) is 1.92. The van der Waals surface area contributed by atoms with Crippen LogP contribution in [0.4, 0.5) is 5.82 Å². The number of hydrogen-bond acceptors (Lipinski definition) is 4. The minimum absolute atomic E-state index is 0.0130. The second kappa shape index (κ2) is 4.61. The first kappa shape index (κ1) is 12.6. The normalized spacial score (nSPS) is 13.7. The number of rotatable bonds is 3. The zero-order valence-corrected chi connectivity index (χ0v) is 11.6. The Morgan fingerprint density at radius 3 is 2.60 bits per heavy atom. The molecule has 1 aromatic rings. The van der Waals surface area contributed by atoms with Crippen LogP contribution in [0.5, 0.6) is 0 Å². The lowest BCUT2D eigenvalue weighted by atomic mass is 10.00. The molecule has 0 radical (unpaired) electrons.